The second-order valence-corrected chi connectivity index (χ2v) is 7.90. The topological polar surface area (TPSA) is 44.7 Å². The maximum absolute atomic E-state index is 12.4. The van der Waals surface area contributed by atoms with Gasteiger partial charge in [0.05, 0.1) is 10.5 Å². The predicted octanol–water partition coefficient (Wildman–Crippen LogP) is 5.65. The first kappa shape index (κ1) is 26.3. The van der Waals surface area contributed by atoms with E-state index < -0.39 is 6.36 Å². The van der Waals surface area contributed by atoms with Crippen molar-refractivity contribution < 1.29 is 23.0 Å². The number of hydrogen-bond acceptors (Lipinski definition) is 4. The first-order valence-electron chi connectivity index (χ1n) is 8.23. The number of rotatable bonds is 4. The highest BCUT2D eigenvalue weighted by Crippen LogP contribution is 2.41. The standard InChI is InChI=1S/C18H17Br2F3N2O2.2ClH/c19-12-9-14(17(26)15(20)10-12)16(25-7-5-24-6-8-25)11-1-3-13(4-2-11)27-18(21,22)23;;/h1-4,9-10,16,24,26H,5-8H2;2*1H/t16-;;/m0../s1. The Hall–Kier alpha value is -0.710. The third kappa shape index (κ3) is 6.90. The van der Waals surface area contributed by atoms with E-state index in [1.165, 1.54) is 12.1 Å². The smallest absolute Gasteiger partial charge is 0.506 e. The molecule has 1 fully saturated rings. The lowest BCUT2D eigenvalue weighted by molar-refractivity contribution is -0.274. The summed E-state index contributed by atoms with van der Waals surface area (Å²) in [7, 11) is 0. The summed E-state index contributed by atoms with van der Waals surface area (Å²) in [6, 6.07) is 9.05. The van der Waals surface area contributed by atoms with E-state index in [4.69, 9.17) is 0 Å². The number of ether oxygens (including phenoxy) is 1. The predicted molar refractivity (Wildman–Crippen MR) is 117 cm³/mol. The molecule has 1 heterocycles. The number of nitrogens with one attached hydrogen (secondary N) is 1. The summed E-state index contributed by atoms with van der Waals surface area (Å²) in [5, 5.41) is 13.9. The second-order valence-electron chi connectivity index (χ2n) is 6.13. The van der Waals surface area contributed by atoms with Crippen molar-refractivity contribution in [2.45, 2.75) is 12.4 Å². The van der Waals surface area contributed by atoms with E-state index in [0.29, 0.717) is 10.0 Å². The van der Waals surface area contributed by atoms with Gasteiger partial charge in [-0.2, -0.15) is 0 Å². The Morgan fingerprint density at radius 1 is 1.03 bits per heavy atom. The Bertz CT molecular complexity index is 805. The van der Waals surface area contributed by atoms with Gasteiger partial charge in [0.15, 0.2) is 0 Å². The average Bonchev–Trinajstić information content (AvgIpc) is 2.60. The molecule has 0 bridgehead atoms. The highest BCUT2D eigenvalue weighted by atomic mass is 79.9. The zero-order chi connectivity index (χ0) is 19.6. The van der Waals surface area contributed by atoms with Crippen LogP contribution in [0.3, 0.4) is 0 Å². The van der Waals surface area contributed by atoms with E-state index >= 15 is 0 Å². The lowest BCUT2D eigenvalue weighted by Gasteiger charge is -2.36. The summed E-state index contributed by atoms with van der Waals surface area (Å²) < 4.78 is 42.5. The molecule has 2 aromatic rings. The molecule has 2 N–H and O–H groups in total. The number of aromatic hydroxyl groups is 1. The van der Waals surface area contributed by atoms with Crippen LogP contribution in [-0.2, 0) is 0 Å². The summed E-state index contributed by atoms with van der Waals surface area (Å²) in [6.45, 7) is 3.08. The average molecular weight is 583 g/mol. The molecule has 1 aliphatic heterocycles. The molecular formula is C18H19Br2Cl2F3N2O2. The Labute approximate surface area is 195 Å². The normalized spacial score (nSPS) is 15.8. The van der Waals surface area contributed by atoms with Crippen molar-refractivity contribution >= 4 is 56.7 Å². The Kier molecular flexibility index (Phi) is 10.0. The summed E-state index contributed by atoms with van der Waals surface area (Å²) in [4.78, 5) is 2.18. The molecule has 0 aliphatic carbocycles. The third-order valence-electron chi connectivity index (χ3n) is 4.30. The molecule has 11 heteroatoms. The molecule has 3 rings (SSSR count). The lowest BCUT2D eigenvalue weighted by atomic mass is 9.95. The van der Waals surface area contributed by atoms with Crippen molar-refractivity contribution in [3.63, 3.8) is 0 Å². The molecule has 29 heavy (non-hydrogen) atoms. The van der Waals surface area contributed by atoms with Crippen LogP contribution < -0.4 is 10.1 Å². The maximum atomic E-state index is 12.4. The van der Waals surface area contributed by atoms with Crippen molar-refractivity contribution in [3.05, 3.63) is 56.5 Å². The molecule has 1 atom stereocenters. The van der Waals surface area contributed by atoms with E-state index in [1.54, 1.807) is 18.2 Å². The van der Waals surface area contributed by atoms with Crippen LogP contribution in [0.2, 0.25) is 0 Å². The third-order valence-corrected chi connectivity index (χ3v) is 5.36. The van der Waals surface area contributed by atoms with Crippen LogP contribution in [-0.4, -0.2) is 42.5 Å². The molecule has 1 aliphatic rings. The van der Waals surface area contributed by atoms with Gasteiger partial charge in [0.1, 0.15) is 11.5 Å². The van der Waals surface area contributed by atoms with E-state index in [2.05, 4.69) is 46.8 Å². The van der Waals surface area contributed by atoms with Crippen LogP contribution in [0.5, 0.6) is 11.5 Å². The molecule has 162 valence electrons. The van der Waals surface area contributed by atoms with Crippen LogP contribution in [0.15, 0.2) is 45.3 Å². The van der Waals surface area contributed by atoms with Crippen molar-refractivity contribution in [1.29, 1.82) is 0 Å². The van der Waals surface area contributed by atoms with E-state index in [-0.39, 0.29) is 42.4 Å². The number of hydrogen-bond donors (Lipinski definition) is 2. The molecule has 2 aromatic carbocycles. The number of halogens is 7. The van der Waals surface area contributed by atoms with E-state index in [0.717, 1.165) is 36.2 Å². The van der Waals surface area contributed by atoms with Gasteiger partial charge in [-0.1, -0.05) is 28.1 Å². The van der Waals surface area contributed by atoms with E-state index in [1.807, 2.05) is 6.07 Å². The zero-order valence-corrected chi connectivity index (χ0v) is 19.7. The number of piperazine rings is 1. The van der Waals surface area contributed by atoms with Crippen LogP contribution in [0.4, 0.5) is 13.2 Å². The summed E-state index contributed by atoms with van der Waals surface area (Å²) in [5.41, 5.74) is 1.44. The lowest BCUT2D eigenvalue weighted by Crippen LogP contribution is -2.45. The first-order valence-corrected chi connectivity index (χ1v) is 9.81. The minimum Gasteiger partial charge on any atom is -0.506 e. The van der Waals surface area contributed by atoms with Crippen molar-refractivity contribution in [2.24, 2.45) is 0 Å². The minimum absolute atomic E-state index is 0. The van der Waals surface area contributed by atoms with Gasteiger partial charge in [-0.25, -0.2) is 0 Å². The minimum atomic E-state index is -4.73. The highest BCUT2D eigenvalue weighted by Gasteiger charge is 2.32. The van der Waals surface area contributed by atoms with Crippen LogP contribution in [0.25, 0.3) is 0 Å². The van der Waals surface area contributed by atoms with E-state index in [9.17, 15) is 18.3 Å². The molecule has 0 unspecified atom stereocenters. The summed E-state index contributed by atoms with van der Waals surface area (Å²) >= 11 is 6.79. The number of phenols is 1. The molecule has 0 aromatic heterocycles. The Morgan fingerprint density at radius 3 is 2.17 bits per heavy atom. The molecular weight excluding hydrogens is 564 g/mol. The zero-order valence-electron chi connectivity index (χ0n) is 14.9. The monoisotopic (exact) mass is 580 g/mol. The molecule has 0 radical (unpaired) electrons. The van der Waals surface area contributed by atoms with Gasteiger partial charge in [0.2, 0.25) is 0 Å². The van der Waals surface area contributed by atoms with Gasteiger partial charge in [0.25, 0.3) is 0 Å². The van der Waals surface area contributed by atoms with Gasteiger partial charge in [-0.15, -0.1) is 38.0 Å². The fourth-order valence-electron chi connectivity index (χ4n) is 3.17. The quantitative estimate of drug-likeness (QED) is 0.489. The molecule has 1 saturated heterocycles. The summed E-state index contributed by atoms with van der Waals surface area (Å²) in [6.07, 6.45) is -4.73. The largest absolute Gasteiger partial charge is 0.573 e. The van der Waals surface area contributed by atoms with Crippen LogP contribution in [0.1, 0.15) is 17.2 Å². The van der Waals surface area contributed by atoms with Crippen LogP contribution >= 0.6 is 56.7 Å². The molecule has 4 nitrogen and oxygen atoms in total. The maximum Gasteiger partial charge on any atom is 0.573 e. The van der Waals surface area contributed by atoms with Gasteiger partial charge in [-0.3, -0.25) is 4.90 Å². The summed E-state index contributed by atoms with van der Waals surface area (Å²) in [5.74, 6) is -0.165. The first-order chi connectivity index (χ1) is 12.7. The second kappa shape index (κ2) is 11.1. The fourth-order valence-corrected chi connectivity index (χ4v) is 4.43. The van der Waals surface area contributed by atoms with Gasteiger partial charge >= 0.3 is 6.36 Å². The number of phenolic OH excluding ortho intramolecular Hbond substituents is 1. The number of nitrogens with zero attached hydrogens (tertiary/aromatic N) is 1. The SMILES string of the molecule is Cl.Cl.Oc1c(Br)cc(Br)cc1[C@H](c1ccc(OC(F)(F)F)cc1)N1CCNCC1. The van der Waals surface area contributed by atoms with Gasteiger partial charge < -0.3 is 15.2 Å². The van der Waals surface area contributed by atoms with Gasteiger partial charge in [-0.05, 0) is 45.8 Å². The Balaban J connectivity index is 0.00000210. The fraction of sp³-hybridized carbons (Fsp3) is 0.333. The molecule has 0 saturated carbocycles. The number of benzene rings is 2. The molecule has 0 spiro atoms. The highest BCUT2D eigenvalue weighted by molar-refractivity contribution is 9.11. The molecule has 0 amide bonds. The van der Waals surface area contributed by atoms with Crippen molar-refractivity contribution in [1.82, 2.24) is 10.2 Å². The van der Waals surface area contributed by atoms with Gasteiger partial charge in [0, 0.05) is 36.2 Å². The van der Waals surface area contributed by atoms with Crippen LogP contribution in [0, 0.1) is 0 Å². The van der Waals surface area contributed by atoms with Crippen molar-refractivity contribution in [3.8, 4) is 11.5 Å². The van der Waals surface area contributed by atoms with Crippen molar-refractivity contribution in [2.75, 3.05) is 26.2 Å². The number of alkyl halides is 3. The Morgan fingerprint density at radius 2 is 1.62 bits per heavy atom.